The first kappa shape index (κ1) is 29.3. The minimum absolute atomic E-state index is 0.591. The molecule has 5 aromatic carbocycles. The molecule has 0 N–H and O–H groups in total. The van der Waals surface area contributed by atoms with Gasteiger partial charge in [-0.25, -0.2) is 19.9 Å². The lowest BCUT2D eigenvalue weighted by Crippen LogP contribution is -1.97. The number of nitrogens with zero attached hydrogens (tertiary/aromatic N) is 5. The lowest BCUT2D eigenvalue weighted by Gasteiger charge is -2.14. The van der Waals surface area contributed by atoms with Crippen LogP contribution in [0.2, 0.25) is 0 Å². The Morgan fingerprint density at radius 1 is 0.320 bits per heavy atom. The number of aromatic nitrogens is 5. The summed E-state index contributed by atoms with van der Waals surface area (Å²) < 4.78 is 0. The largest absolute Gasteiger partial charge is 0.253 e. The van der Waals surface area contributed by atoms with E-state index in [0.717, 1.165) is 83.7 Å². The van der Waals surface area contributed by atoms with Crippen LogP contribution in [0.15, 0.2) is 176 Å². The van der Waals surface area contributed by atoms with E-state index in [0.29, 0.717) is 5.82 Å². The fourth-order valence-electron chi connectivity index (χ4n) is 6.42. The van der Waals surface area contributed by atoms with E-state index in [9.17, 15) is 0 Å². The summed E-state index contributed by atoms with van der Waals surface area (Å²) in [5.74, 6) is 0.591. The molecule has 0 aliphatic carbocycles. The maximum atomic E-state index is 5.25. The molecule has 0 atom stereocenters. The van der Waals surface area contributed by atoms with Crippen molar-refractivity contribution in [1.29, 1.82) is 0 Å². The molecular weight excluding hydrogens is 611 g/mol. The Bertz CT molecular complexity index is 2550. The topological polar surface area (TPSA) is 64.5 Å². The average molecular weight is 640 g/mol. The molecule has 0 aliphatic rings. The molecule has 5 heteroatoms. The number of benzene rings is 5. The predicted octanol–water partition coefficient (Wildman–Crippen LogP) is 11.0. The van der Waals surface area contributed by atoms with E-state index < -0.39 is 0 Å². The molecule has 50 heavy (non-hydrogen) atoms. The molecular formula is C45H29N5. The van der Waals surface area contributed by atoms with Gasteiger partial charge < -0.3 is 0 Å². The van der Waals surface area contributed by atoms with Crippen molar-refractivity contribution in [3.8, 4) is 67.7 Å². The SMILES string of the molecule is c1ccc(-c2cc(-c3ccc(-c4cc(-c5ccccc5)nc5c4ccc4ccc(-c6ccccc6)nc45)cc3)nc(-c3ccccn3)n2)cc1. The van der Waals surface area contributed by atoms with Crippen LogP contribution in [0, 0.1) is 0 Å². The van der Waals surface area contributed by atoms with Crippen LogP contribution in [0.4, 0.5) is 0 Å². The number of pyridine rings is 3. The van der Waals surface area contributed by atoms with Crippen LogP contribution in [-0.4, -0.2) is 24.9 Å². The molecule has 9 aromatic rings. The van der Waals surface area contributed by atoms with Crippen molar-refractivity contribution >= 4 is 21.8 Å². The van der Waals surface area contributed by atoms with Gasteiger partial charge >= 0.3 is 0 Å². The Hall–Kier alpha value is -6.85. The first-order valence-electron chi connectivity index (χ1n) is 16.6. The lowest BCUT2D eigenvalue weighted by atomic mass is 9.95. The van der Waals surface area contributed by atoms with E-state index >= 15 is 0 Å². The molecule has 0 aliphatic heterocycles. The number of fused-ring (bicyclic) bond motifs is 3. The third-order valence-corrected chi connectivity index (χ3v) is 8.96. The fourth-order valence-corrected chi connectivity index (χ4v) is 6.42. The predicted molar refractivity (Wildman–Crippen MR) is 203 cm³/mol. The Balaban J connectivity index is 1.20. The summed E-state index contributed by atoms with van der Waals surface area (Å²) in [6, 6.07) is 58.0. The summed E-state index contributed by atoms with van der Waals surface area (Å²) in [5, 5.41) is 2.10. The first-order chi connectivity index (χ1) is 24.8. The Morgan fingerprint density at radius 3 is 1.46 bits per heavy atom. The van der Waals surface area contributed by atoms with Crippen LogP contribution in [0.5, 0.6) is 0 Å². The van der Waals surface area contributed by atoms with Crippen molar-refractivity contribution in [3.63, 3.8) is 0 Å². The van der Waals surface area contributed by atoms with E-state index in [1.807, 2.05) is 66.7 Å². The molecule has 234 valence electrons. The zero-order valence-electron chi connectivity index (χ0n) is 27.0. The minimum atomic E-state index is 0.591. The highest BCUT2D eigenvalue weighted by atomic mass is 14.9. The second kappa shape index (κ2) is 12.6. The Labute approximate surface area is 289 Å². The van der Waals surface area contributed by atoms with Gasteiger partial charge in [-0.1, -0.05) is 140 Å². The fraction of sp³-hybridized carbons (Fsp3) is 0. The highest BCUT2D eigenvalue weighted by molar-refractivity contribution is 6.09. The Kier molecular flexibility index (Phi) is 7.41. The van der Waals surface area contributed by atoms with Crippen molar-refractivity contribution in [1.82, 2.24) is 24.9 Å². The maximum Gasteiger partial charge on any atom is 0.179 e. The van der Waals surface area contributed by atoms with Gasteiger partial charge in [0.15, 0.2) is 5.82 Å². The first-order valence-corrected chi connectivity index (χ1v) is 16.6. The molecule has 0 amide bonds. The minimum Gasteiger partial charge on any atom is -0.253 e. The summed E-state index contributed by atoms with van der Waals surface area (Å²) in [6.07, 6.45) is 1.77. The molecule has 4 heterocycles. The van der Waals surface area contributed by atoms with E-state index in [1.165, 1.54) is 0 Å². The normalized spacial score (nSPS) is 11.2. The summed E-state index contributed by atoms with van der Waals surface area (Å²) in [7, 11) is 0. The average Bonchev–Trinajstić information content (AvgIpc) is 3.21. The third-order valence-electron chi connectivity index (χ3n) is 8.96. The van der Waals surface area contributed by atoms with Crippen molar-refractivity contribution in [2.45, 2.75) is 0 Å². The van der Waals surface area contributed by atoms with Crippen molar-refractivity contribution in [2.75, 3.05) is 0 Å². The zero-order valence-corrected chi connectivity index (χ0v) is 27.0. The van der Waals surface area contributed by atoms with E-state index in [2.05, 4.69) is 108 Å². The van der Waals surface area contributed by atoms with Gasteiger partial charge in [-0.15, -0.1) is 0 Å². The van der Waals surface area contributed by atoms with Gasteiger partial charge in [0.1, 0.15) is 5.69 Å². The molecule has 0 spiro atoms. The Morgan fingerprint density at radius 2 is 0.840 bits per heavy atom. The third kappa shape index (κ3) is 5.57. The quantitative estimate of drug-likeness (QED) is 0.169. The van der Waals surface area contributed by atoms with Gasteiger partial charge in [0.05, 0.1) is 33.8 Å². The van der Waals surface area contributed by atoms with E-state index in [4.69, 9.17) is 19.9 Å². The van der Waals surface area contributed by atoms with Gasteiger partial charge in [-0.05, 0) is 41.5 Å². The molecule has 9 rings (SSSR count). The van der Waals surface area contributed by atoms with Gasteiger partial charge in [0.25, 0.3) is 0 Å². The second-order valence-electron chi connectivity index (χ2n) is 12.1. The highest BCUT2D eigenvalue weighted by Crippen LogP contribution is 2.37. The van der Waals surface area contributed by atoms with Gasteiger partial charge in [0, 0.05) is 39.2 Å². The molecule has 0 saturated carbocycles. The molecule has 5 nitrogen and oxygen atoms in total. The second-order valence-corrected chi connectivity index (χ2v) is 12.1. The molecule has 0 fully saturated rings. The van der Waals surface area contributed by atoms with E-state index in [1.54, 1.807) is 6.20 Å². The number of hydrogen-bond acceptors (Lipinski definition) is 5. The molecule has 0 unspecified atom stereocenters. The summed E-state index contributed by atoms with van der Waals surface area (Å²) in [6.45, 7) is 0. The van der Waals surface area contributed by atoms with Crippen molar-refractivity contribution < 1.29 is 0 Å². The zero-order chi connectivity index (χ0) is 33.3. The van der Waals surface area contributed by atoms with Gasteiger partial charge in [-0.2, -0.15) is 0 Å². The highest BCUT2D eigenvalue weighted by Gasteiger charge is 2.16. The molecule has 0 bridgehead atoms. The lowest BCUT2D eigenvalue weighted by molar-refractivity contribution is 1.15. The van der Waals surface area contributed by atoms with Crippen LogP contribution < -0.4 is 0 Å². The van der Waals surface area contributed by atoms with Gasteiger partial charge in [-0.3, -0.25) is 4.98 Å². The van der Waals surface area contributed by atoms with Crippen LogP contribution >= 0.6 is 0 Å². The van der Waals surface area contributed by atoms with Gasteiger partial charge in [0.2, 0.25) is 0 Å². The summed E-state index contributed by atoms with van der Waals surface area (Å²) in [4.78, 5) is 24.9. The summed E-state index contributed by atoms with van der Waals surface area (Å²) >= 11 is 0. The van der Waals surface area contributed by atoms with Crippen LogP contribution in [0.3, 0.4) is 0 Å². The van der Waals surface area contributed by atoms with E-state index in [-0.39, 0.29) is 0 Å². The standard InChI is InChI=1S/C45H29N5/c1-4-12-31(13-5-1)38-26-24-35-23-25-36-37(28-40(32-14-6-2-7-15-32)48-44(36)43(35)47-38)30-19-21-34(22-20-30)42-29-41(33-16-8-3-9-17-33)49-45(50-42)39-18-10-11-27-46-39/h1-29H. The van der Waals surface area contributed by atoms with Crippen molar-refractivity contribution in [2.24, 2.45) is 0 Å². The van der Waals surface area contributed by atoms with Crippen LogP contribution in [-0.2, 0) is 0 Å². The number of hydrogen-bond donors (Lipinski definition) is 0. The summed E-state index contributed by atoms with van der Waals surface area (Å²) in [5.41, 5.74) is 12.3. The van der Waals surface area contributed by atoms with Crippen LogP contribution in [0.25, 0.3) is 89.5 Å². The molecule has 0 radical (unpaired) electrons. The smallest absolute Gasteiger partial charge is 0.179 e. The molecule has 4 aromatic heterocycles. The van der Waals surface area contributed by atoms with Crippen molar-refractivity contribution in [3.05, 3.63) is 176 Å². The van der Waals surface area contributed by atoms with Crippen LogP contribution in [0.1, 0.15) is 0 Å². The monoisotopic (exact) mass is 639 g/mol. The maximum absolute atomic E-state index is 5.25. The molecule has 0 saturated heterocycles. The number of rotatable bonds is 6.